The molecule has 0 aromatic carbocycles. The number of hydrogen-bond acceptors (Lipinski definition) is 3. The molecule has 0 saturated heterocycles. The molecule has 0 spiro atoms. The van der Waals surface area contributed by atoms with E-state index < -0.39 is 11.9 Å². The largest absolute Gasteiger partial charge is 0.481 e. The van der Waals surface area contributed by atoms with Gasteiger partial charge in [0.2, 0.25) is 0 Å². The van der Waals surface area contributed by atoms with Crippen molar-refractivity contribution in [3.63, 3.8) is 0 Å². The van der Waals surface area contributed by atoms with Crippen LogP contribution in [0.4, 0.5) is 0 Å². The fourth-order valence-electron chi connectivity index (χ4n) is 1.34. The van der Waals surface area contributed by atoms with Crippen molar-refractivity contribution in [3.05, 3.63) is 17.5 Å². The van der Waals surface area contributed by atoms with Gasteiger partial charge in [-0.2, -0.15) is 5.10 Å². The van der Waals surface area contributed by atoms with Crippen LogP contribution in [0.3, 0.4) is 0 Å². The van der Waals surface area contributed by atoms with E-state index in [9.17, 15) is 9.59 Å². The Morgan fingerprint density at radius 1 is 1.59 bits per heavy atom. The standard InChI is InChI=1S/C11H17N3O3/c1-7(11(16)17)4-5-12-10(15)9-6-13-14(3)8(9)2/h6-7H,4-5H2,1-3H3,(H,12,15)(H,16,17). The van der Waals surface area contributed by atoms with Gasteiger partial charge < -0.3 is 10.4 Å². The van der Waals surface area contributed by atoms with Gasteiger partial charge in [0.1, 0.15) is 0 Å². The summed E-state index contributed by atoms with van der Waals surface area (Å²) in [5, 5.41) is 15.3. The number of carboxylic acids is 1. The number of aryl methyl sites for hydroxylation is 1. The SMILES string of the molecule is Cc1c(C(=O)NCCC(C)C(=O)O)cnn1C. The topological polar surface area (TPSA) is 84.2 Å². The molecule has 1 amide bonds. The summed E-state index contributed by atoms with van der Waals surface area (Å²) < 4.78 is 1.62. The van der Waals surface area contributed by atoms with Crippen molar-refractivity contribution in [2.75, 3.05) is 6.54 Å². The average Bonchev–Trinajstić information content (AvgIpc) is 2.59. The van der Waals surface area contributed by atoms with E-state index in [0.29, 0.717) is 18.5 Å². The lowest BCUT2D eigenvalue weighted by atomic mass is 10.1. The van der Waals surface area contributed by atoms with Crippen LogP contribution in [-0.4, -0.2) is 33.3 Å². The Morgan fingerprint density at radius 2 is 2.24 bits per heavy atom. The lowest BCUT2D eigenvalue weighted by Crippen LogP contribution is -2.27. The number of carbonyl (C=O) groups excluding carboxylic acids is 1. The normalized spacial score (nSPS) is 12.2. The second-order valence-corrected chi connectivity index (χ2v) is 4.05. The fraction of sp³-hybridized carbons (Fsp3) is 0.545. The molecule has 6 nitrogen and oxygen atoms in total. The second-order valence-electron chi connectivity index (χ2n) is 4.05. The van der Waals surface area contributed by atoms with Crippen LogP contribution in [0, 0.1) is 12.8 Å². The van der Waals surface area contributed by atoms with Gasteiger partial charge in [-0.1, -0.05) is 6.92 Å². The molecule has 2 N–H and O–H groups in total. The van der Waals surface area contributed by atoms with Gasteiger partial charge in [-0.25, -0.2) is 0 Å². The molecule has 0 fully saturated rings. The molecule has 0 aliphatic heterocycles. The number of aromatic nitrogens is 2. The Labute approximate surface area is 99.6 Å². The monoisotopic (exact) mass is 239 g/mol. The van der Waals surface area contributed by atoms with Crippen molar-refractivity contribution in [1.82, 2.24) is 15.1 Å². The number of aliphatic carboxylic acids is 1. The third kappa shape index (κ3) is 3.30. The van der Waals surface area contributed by atoms with Crippen LogP contribution in [0.5, 0.6) is 0 Å². The van der Waals surface area contributed by atoms with E-state index in [-0.39, 0.29) is 5.91 Å². The van der Waals surface area contributed by atoms with Gasteiger partial charge in [-0.3, -0.25) is 14.3 Å². The predicted octanol–water partition coefficient (Wildman–Crippen LogP) is 0.569. The molecule has 0 radical (unpaired) electrons. The summed E-state index contributed by atoms with van der Waals surface area (Å²) in [5.41, 5.74) is 1.31. The molecule has 1 heterocycles. The quantitative estimate of drug-likeness (QED) is 0.786. The third-order valence-electron chi connectivity index (χ3n) is 2.76. The minimum Gasteiger partial charge on any atom is -0.481 e. The van der Waals surface area contributed by atoms with Crippen LogP contribution < -0.4 is 5.32 Å². The lowest BCUT2D eigenvalue weighted by molar-refractivity contribution is -0.141. The molecule has 0 saturated carbocycles. The second kappa shape index (κ2) is 5.47. The van der Waals surface area contributed by atoms with Crippen LogP contribution in [0.1, 0.15) is 29.4 Å². The Balaban J connectivity index is 2.46. The molecule has 1 unspecified atom stereocenters. The number of carboxylic acid groups (broad SMARTS) is 1. The number of carbonyl (C=O) groups is 2. The number of rotatable bonds is 5. The molecule has 1 rings (SSSR count). The summed E-state index contributed by atoms with van der Waals surface area (Å²) in [6, 6.07) is 0. The Morgan fingerprint density at radius 3 is 2.71 bits per heavy atom. The summed E-state index contributed by atoms with van der Waals surface area (Å²) in [6.07, 6.45) is 1.92. The number of hydrogen-bond donors (Lipinski definition) is 2. The Bertz CT molecular complexity index is 426. The van der Waals surface area contributed by atoms with Crippen LogP contribution in [0.2, 0.25) is 0 Å². The van der Waals surface area contributed by atoms with Crippen LogP contribution >= 0.6 is 0 Å². The molecular weight excluding hydrogens is 222 g/mol. The molecule has 6 heteroatoms. The minimum absolute atomic E-state index is 0.215. The molecular formula is C11H17N3O3. The first-order valence-electron chi connectivity index (χ1n) is 5.43. The highest BCUT2D eigenvalue weighted by atomic mass is 16.4. The van der Waals surface area contributed by atoms with Crippen molar-refractivity contribution < 1.29 is 14.7 Å². The molecule has 1 aromatic rings. The van der Waals surface area contributed by atoms with Crippen LogP contribution in [0.15, 0.2) is 6.20 Å². The highest BCUT2D eigenvalue weighted by molar-refractivity contribution is 5.95. The van der Waals surface area contributed by atoms with E-state index in [0.717, 1.165) is 5.69 Å². The molecule has 0 aliphatic rings. The lowest BCUT2D eigenvalue weighted by Gasteiger charge is -2.07. The van der Waals surface area contributed by atoms with Gasteiger partial charge in [0, 0.05) is 19.3 Å². The summed E-state index contributed by atoms with van der Waals surface area (Å²) in [6.45, 7) is 3.77. The number of nitrogens with one attached hydrogen (secondary N) is 1. The van der Waals surface area contributed by atoms with E-state index >= 15 is 0 Å². The smallest absolute Gasteiger partial charge is 0.306 e. The number of nitrogens with zero attached hydrogens (tertiary/aromatic N) is 2. The number of amides is 1. The summed E-state index contributed by atoms with van der Waals surface area (Å²) in [4.78, 5) is 22.3. The van der Waals surface area contributed by atoms with Gasteiger partial charge >= 0.3 is 5.97 Å². The highest BCUT2D eigenvalue weighted by Gasteiger charge is 2.14. The van der Waals surface area contributed by atoms with Crippen molar-refractivity contribution >= 4 is 11.9 Å². The Kier molecular flexibility index (Phi) is 4.25. The van der Waals surface area contributed by atoms with Gasteiger partial charge in [-0.05, 0) is 13.3 Å². The molecule has 0 bridgehead atoms. The minimum atomic E-state index is -0.850. The average molecular weight is 239 g/mol. The molecule has 17 heavy (non-hydrogen) atoms. The summed E-state index contributed by atoms with van der Waals surface area (Å²) in [5.74, 6) is -1.52. The molecule has 0 aliphatic carbocycles. The van der Waals surface area contributed by atoms with E-state index in [1.165, 1.54) is 6.20 Å². The van der Waals surface area contributed by atoms with Gasteiger partial charge in [0.15, 0.2) is 0 Å². The first kappa shape index (κ1) is 13.2. The first-order valence-corrected chi connectivity index (χ1v) is 5.43. The fourth-order valence-corrected chi connectivity index (χ4v) is 1.34. The maximum absolute atomic E-state index is 11.7. The first-order chi connectivity index (χ1) is 7.93. The zero-order valence-electron chi connectivity index (χ0n) is 10.2. The van der Waals surface area contributed by atoms with Crippen LogP contribution in [-0.2, 0) is 11.8 Å². The molecule has 94 valence electrons. The summed E-state index contributed by atoms with van der Waals surface area (Å²) >= 11 is 0. The van der Waals surface area contributed by atoms with E-state index in [1.54, 1.807) is 18.7 Å². The third-order valence-corrected chi connectivity index (χ3v) is 2.76. The van der Waals surface area contributed by atoms with Crippen LogP contribution in [0.25, 0.3) is 0 Å². The van der Waals surface area contributed by atoms with Crippen molar-refractivity contribution in [1.29, 1.82) is 0 Å². The van der Waals surface area contributed by atoms with Gasteiger partial charge in [0.25, 0.3) is 5.91 Å². The molecule has 1 aromatic heterocycles. The van der Waals surface area contributed by atoms with E-state index in [2.05, 4.69) is 10.4 Å². The van der Waals surface area contributed by atoms with Crippen molar-refractivity contribution in [2.24, 2.45) is 13.0 Å². The van der Waals surface area contributed by atoms with Crippen molar-refractivity contribution in [3.8, 4) is 0 Å². The zero-order valence-corrected chi connectivity index (χ0v) is 10.2. The maximum Gasteiger partial charge on any atom is 0.306 e. The Hall–Kier alpha value is -1.85. The molecule has 1 atom stereocenters. The van der Waals surface area contributed by atoms with Gasteiger partial charge in [-0.15, -0.1) is 0 Å². The van der Waals surface area contributed by atoms with E-state index in [4.69, 9.17) is 5.11 Å². The zero-order chi connectivity index (χ0) is 13.0. The van der Waals surface area contributed by atoms with Gasteiger partial charge in [0.05, 0.1) is 17.7 Å². The predicted molar refractivity (Wildman–Crippen MR) is 61.7 cm³/mol. The van der Waals surface area contributed by atoms with Crippen molar-refractivity contribution in [2.45, 2.75) is 20.3 Å². The summed E-state index contributed by atoms with van der Waals surface area (Å²) in [7, 11) is 1.76. The highest BCUT2D eigenvalue weighted by Crippen LogP contribution is 2.05. The van der Waals surface area contributed by atoms with E-state index in [1.807, 2.05) is 6.92 Å². The maximum atomic E-state index is 11.7.